The first-order valence-electron chi connectivity index (χ1n) is 7.55. The van der Waals surface area contributed by atoms with Gasteiger partial charge in [-0.25, -0.2) is 0 Å². The van der Waals surface area contributed by atoms with Crippen molar-refractivity contribution >= 4 is 5.78 Å². The molecule has 2 rings (SSSR count). The van der Waals surface area contributed by atoms with Gasteiger partial charge in [0.15, 0.2) is 5.78 Å². The van der Waals surface area contributed by atoms with Gasteiger partial charge in [0.2, 0.25) is 0 Å². The van der Waals surface area contributed by atoms with Crippen molar-refractivity contribution in [2.45, 2.75) is 24.7 Å². The molecule has 0 fully saturated rings. The third-order valence-electron chi connectivity index (χ3n) is 4.64. The number of carbonyl (C=O) groups excluding carboxylic acids is 1. The second kappa shape index (κ2) is 6.42. The van der Waals surface area contributed by atoms with E-state index in [2.05, 4.69) is 0 Å². The van der Waals surface area contributed by atoms with E-state index in [1.54, 1.807) is 0 Å². The summed E-state index contributed by atoms with van der Waals surface area (Å²) < 4.78 is 0. The summed E-state index contributed by atoms with van der Waals surface area (Å²) >= 11 is 0. The molecule has 0 aliphatic rings. The zero-order valence-electron chi connectivity index (χ0n) is 13.3. The number of rotatable bonds is 6. The summed E-state index contributed by atoms with van der Waals surface area (Å²) in [5.41, 5.74) is 12.4. The molecular formula is C19H24N2O. The Kier molecular flexibility index (Phi) is 4.79. The molecule has 3 heteroatoms. The normalized spacial score (nSPS) is 16.5. The number of nitrogens with two attached hydrogens (primary N) is 2. The zero-order valence-corrected chi connectivity index (χ0v) is 13.3. The maximum absolute atomic E-state index is 13.4. The SMILES string of the molecule is CC(CN)(C(=O)C(C)(CN)c1ccccc1)c1ccccc1. The van der Waals surface area contributed by atoms with E-state index >= 15 is 0 Å². The first-order chi connectivity index (χ1) is 10.5. The Bertz CT molecular complexity index is 571. The summed E-state index contributed by atoms with van der Waals surface area (Å²) in [5, 5.41) is 0. The van der Waals surface area contributed by atoms with Crippen LogP contribution in [0.3, 0.4) is 0 Å². The number of carbonyl (C=O) groups is 1. The molecule has 0 spiro atoms. The van der Waals surface area contributed by atoms with Crippen LogP contribution in [0.2, 0.25) is 0 Å². The summed E-state index contributed by atoms with van der Waals surface area (Å²) in [4.78, 5) is 13.4. The lowest BCUT2D eigenvalue weighted by molar-refractivity contribution is -0.128. The Hall–Kier alpha value is -1.97. The third kappa shape index (κ3) is 2.70. The lowest BCUT2D eigenvalue weighted by Crippen LogP contribution is -2.53. The maximum Gasteiger partial charge on any atom is 0.155 e. The summed E-state index contributed by atoms with van der Waals surface area (Å²) in [7, 11) is 0. The first-order valence-corrected chi connectivity index (χ1v) is 7.55. The van der Waals surface area contributed by atoms with Crippen molar-refractivity contribution in [3.8, 4) is 0 Å². The van der Waals surface area contributed by atoms with Gasteiger partial charge in [0.05, 0.1) is 10.8 Å². The van der Waals surface area contributed by atoms with Gasteiger partial charge in [0.25, 0.3) is 0 Å². The molecule has 116 valence electrons. The minimum atomic E-state index is -0.759. The fourth-order valence-electron chi connectivity index (χ4n) is 2.90. The van der Waals surface area contributed by atoms with E-state index in [0.29, 0.717) is 0 Å². The highest BCUT2D eigenvalue weighted by Crippen LogP contribution is 2.34. The summed E-state index contributed by atoms with van der Waals surface area (Å²) in [6.07, 6.45) is 0. The summed E-state index contributed by atoms with van der Waals surface area (Å²) in [6, 6.07) is 19.4. The fraction of sp³-hybridized carbons (Fsp3) is 0.316. The Morgan fingerprint density at radius 3 is 1.36 bits per heavy atom. The highest BCUT2D eigenvalue weighted by atomic mass is 16.1. The summed E-state index contributed by atoms with van der Waals surface area (Å²) in [5.74, 6) is 0.0578. The number of ketones is 1. The van der Waals surface area contributed by atoms with Crippen LogP contribution in [0.1, 0.15) is 25.0 Å². The fourth-order valence-corrected chi connectivity index (χ4v) is 2.90. The van der Waals surface area contributed by atoms with Crippen molar-refractivity contribution in [1.82, 2.24) is 0 Å². The van der Waals surface area contributed by atoms with E-state index in [1.165, 1.54) is 0 Å². The molecule has 3 nitrogen and oxygen atoms in total. The predicted molar refractivity (Wildman–Crippen MR) is 90.7 cm³/mol. The number of hydrogen-bond acceptors (Lipinski definition) is 3. The van der Waals surface area contributed by atoms with Crippen molar-refractivity contribution < 1.29 is 4.79 Å². The van der Waals surface area contributed by atoms with Gasteiger partial charge in [0.1, 0.15) is 0 Å². The quantitative estimate of drug-likeness (QED) is 0.860. The Balaban J connectivity index is 2.51. The highest BCUT2D eigenvalue weighted by Gasteiger charge is 2.45. The molecule has 0 saturated heterocycles. The molecular weight excluding hydrogens is 272 g/mol. The molecule has 0 heterocycles. The van der Waals surface area contributed by atoms with Gasteiger partial charge < -0.3 is 11.5 Å². The van der Waals surface area contributed by atoms with Gasteiger partial charge in [-0.3, -0.25) is 4.79 Å². The number of hydrogen-bond donors (Lipinski definition) is 2. The molecule has 0 amide bonds. The van der Waals surface area contributed by atoms with Crippen molar-refractivity contribution in [2.75, 3.05) is 13.1 Å². The molecule has 0 bridgehead atoms. The zero-order chi connectivity index (χ0) is 16.2. The molecule has 0 radical (unpaired) electrons. The van der Waals surface area contributed by atoms with Gasteiger partial charge in [-0.1, -0.05) is 60.7 Å². The monoisotopic (exact) mass is 296 g/mol. The second-order valence-corrected chi connectivity index (χ2v) is 6.13. The van der Waals surface area contributed by atoms with Gasteiger partial charge in [-0.15, -0.1) is 0 Å². The Morgan fingerprint density at radius 1 is 0.773 bits per heavy atom. The van der Waals surface area contributed by atoms with Crippen LogP contribution in [0.5, 0.6) is 0 Å². The van der Waals surface area contributed by atoms with E-state index in [-0.39, 0.29) is 18.9 Å². The Morgan fingerprint density at radius 2 is 1.09 bits per heavy atom. The largest absolute Gasteiger partial charge is 0.329 e. The van der Waals surface area contributed by atoms with Crippen LogP contribution in [0, 0.1) is 0 Å². The van der Waals surface area contributed by atoms with E-state index in [0.717, 1.165) is 11.1 Å². The third-order valence-corrected chi connectivity index (χ3v) is 4.64. The molecule has 0 aromatic heterocycles. The van der Waals surface area contributed by atoms with E-state index in [9.17, 15) is 4.79 Å². The number of Topliss-reactive ketones (excluding diaryl/α,β-unsaturated/α-hetero) is 1. The van der Waals surface area contributed by atoms with E-state index < -0.39 is 10.8 Å². The van der Waals surface area contributed by atoms with Crippen LogP contribution in [0.25, 0.3) is 0 Å². The molecule has 4 N–H and O–H groups in total. The lowest BCUT2D eigenvalue weighted by atomic mass is 9.65. The first kappa shape index (κ1) is 16.4. The molecule has 2 atom stereocenters. The van der Waals surface area contributed by atoms with Gasteiger partial charge in [0, 0.05) is 13.1 Å². The highest BCUT2D eigenvalue weighted by molar-refractivity contribution is 5.98. The Labute approximate surface area is 132 Å². The molecule has 2 aromatic rings. The topological polar surface area (TPSA) is 69.1 Å². The van der Waals surface area contributed by atoms with Crippen LogP contribution >= 0.6 is 0 Å². The average Bonchev–Trinajstić information content (AvgIpc) is 2.61. The van der Waals surface area contributed by atoms with Gasteiger partial charge in [-0.2, -0.15) is 0 Å². The van der Waals surface area contributed by atoms with Crippen molar-refractivity contribution in [2.24, 2.45) is 11.5 Å². The molecule has 0 aliphatic heterocycles. The predicted octanol–water partition coefficient (Wildman–Crippen LogP) is 2.39. The van der Waals surface area contributed by atoms with Crippen LogP contribution in [0.4, 0.5) is 0 Å². The minimum absolute atomic E-state index is 0.0578. The lowest BCUT2D eigenvalue weighted by Gasteiger charge is -2.37. The smallest absolute Gasteiger partial charge is 0.155 e. The maximum atomic E-state index is 13.4. The van der Waals surface area contributed by atoms with Crippen LogP contribution in [0.15, 0.2) is 60.7 Å². The van der Waals surface area contributed by atoms with Crippen molar-refractivity contribution in [1.29, 1.82) is 0 Å². The molecule has 0 saturated carbocycles. The van der Waals surface area contributed by atoms with Gasteiger partial charge >= 0.3 is 0 Å². The summed E-state index contributed by atoms with van der Waals surface area (Å²) in [6.45, 7) is 4.31. The second-order valence-electron chi connectivity index (χ2n) is 6.13. The molecule has 2 unspecified atom stereocenters. The van der Waals surface area contributed by atoms with Crippen molar-refractivity contribution in [3.05, 3.63) is 71.8 Å². The van der Waals surface area contributed by atoms with Crippen molar-refractivity contribution in [3.63, 3.8) is 0 Å². The number of benzene rings is 2. The molecule has 0 aliphatic carbocycles. The average molecular weight is 296 g/mol. The molecule has 2 aromatic carbocycles. The van der Waals surface area contributed by atoms with Gasteiger partial charge in [-0.05, 0) is 25.0 Å². The van der Waals surface area contributed by atoms with Crippen LogP contribution in [-0.2, 0) is 15.6 Å². The van der Waals surface area contributed by atoms with E-state index in [4.69, 9.17) is 11.5 Å². The molecule has 22 heavy (non-hydrogen) atoms. The van der Waals surface area contributed by atoms with Crippen LogP contribution in [-0.4, -0.2) is 18.9 Å². The minimum Gasteiger partial charge on any atom is -0.329 e. The standard InChI is InChI=1S/C19H24N2O/c1-18(13-20,15-9-5-3-6-10-15)17(22)19(2,14-21)16-11-7-4-8-12-16/h3-12H,13-14,20-21H2,1-2H3. The van der Waals surface area contributed by atoms with E-state index in [1.807, 2.05) is 74.5 Å². The van der Waals surface area contributed by atoms with Crippen LogP contribution < -0.4 is 11.5 Å².